The van der Waals surface area contributed by atoms with Crippen molar-refractivity contribution >= 4 is 17.5 Å². The third-order valence-electron chi connectivity index (χ3n) is 2.26. The van der Waals surface area contributed by atoms with E-state index >= 15 is 0 Å². The van der Waals surface area contributed by atoms with Crippen LogP contribution in [0.4, 0.5) is 0 Å². The van der Waals surface area contributed by atoms with Crippen LogP contribution in [-0.2, 0) is 11.3 Å². The van der Waals surface area contributed by atoms with Crippen molar-refractivity contribution in [2.45, 2.75) is 25.3 Å². The van der Waals surface area contributed by atoms with Crippen LogP contribution in [0.5, 0.6) is 0 Å². The number of amides is 1. The highest BCUT2D eigenvalue weighted by atomic mass is 35.5. The van der Waals surface area contributed by atoms with Gasteiger partial charge >= 0.3 is 0 Å². The van der Waals surface area contributed by atoms with Crippen LogP contribution in [0.25, 0.3) is 0 Å². The Morgan fingerprint density at radius 1 is 1.67 bits per heavy atom. The molecule has 0 aromatic carbocycles. The van der Waals surface area contributed by atoms with Crippen molar-refractivity contribution in [1.29, 1.82) is 0 Å². The Labute approximate surface area is 90.9 Å². The van der Waals surface area contributed by atoms with Gasteiger partial charge < -0.3 is 5.73 Å². The van der Waals surface area contributed by atoms with Crippen molar-refractivity contribution in [1.82, 2.24) is 9.55 Å². The molecule has 5 nitrogen and oxygen atoms in total. The molecule has 0 radical (unpaired) electrons. The lowest BCUT2D eigenvalue weighted by Crippen LogP contribution is -2.30. The van der Waals surface area contributed by atoms with Crippen molar-refractivity contribution in [3.63, 3.8) is 0 Å². The van der Waals surface area contributed by atoms with Gasteiger partial charge in [0, 0.05) is 12.0 Å². The molecule has 6 heteroatoms. The summed E-state index contributed by atoms with van der Waals surface area (Å²) in [4.78, 5) is 26.4. The summed E-state index contributed by atoms with van der Waals surface area (Å²) in [6.07, 6.45) is 1.96. The summed E-state index contributed by atoms with van der Waals surface area (Å²) in [6, 6.07) is 1.19. The van der Waals surface area contributed by atoms with Crippen molar-refractivity contribution in [3.8, 4) is 0 Å². The quantitative estimate of drug-likeness (QED) is 0.753. The van der Waals surface area contributed by atoms with E-state index in [1.807, 2.05) is 0 Å². The summed E-state index contributed by atoms with van der Waals surface area (Å²) >= 11 is 5.69. The Kier molecular flexibility index (Phi) is 2.48. The second-order valence-electron chi connectivity index (χ2n) is 3.60. The van der Waals surface area contributed by atoms with E-state index in [0.29, 0.717) is 5.82 Å². The van der Waals surface area contributed by atoms with Gasteiger partial charge in [-0.1, -0.05) is 11.6 Å². The number of nitrogens with two attached hydrogens (primary N) is 1. The molecule has 0 aliphatic heterocycles. The standard InChI is InChI=1S/C9H10ClN3O2/c10-6-3-8(15)13(4-7(11)14)9(12-6)5-1-2-5/h3,5H,1-2,4H2,(H2,11,14). The molecule has 1 aliphatic rings. The first-order valence-electron chi connectivity index (χ1n) is 4.63. The predicted octanol–water partition coefficient (Wildman–Crippen LogP) is 0.259. The minimum absolute atomic E-state index is 0.130. The normalized spacial score (nSPS) is 15.3. The molecule has 1 aromatic heterocycles. The average molecular weight is 228 g/mol. The summed E-state index contributed by atoms with van der Waals surface area (Å²) < 4.78 is 1.30. The van der Waals surface area contributed by atoms with Crippen molar-refractivity contribution in [2.75, 3.05) is 0 Å². The molecule has 1 aliphatic carbocycles. The fourth-order valence-electron chi connectivity index (χ4n) is 1.46. The number of rotatable bonds is 3. The van der Waals surface area contributed by atoms with Crippen molar-refractivity contribution in [3.05, 3.63) is 27.4 Å². The van der Waals surface area contributed by atoms with Gasteiger partial charge in [-0.2, -0.15) is 0 Å². The molecule has 0 atom stereocenters. The zero-order valence-corrected chi connectivity index (χ0v) is 8.70. The predicted molar refractivity (Wildman–Crippen MR) is 54.7 cm³/mol. The van der Waals surface area contributed by atoms with E-state index in [1.165, 1.54) is 10.6 Å². The number of primary amides is 1. The van der Waals surface area contributed by atoms with Gasteiger partial charge in [0.05, 0.1) is 0 Å². The molecule has 1 fully saturated rings. The van der Waals surface area contributed by atoms with E-state index in [0.717, 1.165) is 12.8 Å². The second-order valence-corrected chi connectivity index (χ2v) is 3.99. The maximum Gasteiger partial charge on any atom is 0.255 e. The second kappa shape index (κ2) is 3.66. The van der Waals surface area contributed by atoms with Crippen LogP contribution in [0.1, 0.15) is 24.6 Å². The highest BCUT2D eigenvalue weighted by molar-refractivity contribution is 6.29. The molecule has 1 amide bonds. The minimum Gasteiger partial charge on any atom is -0.368 e. The Balaban J connectivity index is 2.48. The monoisotopic (exact) mass is 227 g/mol. The molecule has 1 aromatic rings. The summed E-state index contributed by atoms with van der Waals surface area (Å²) in [5.41, 5.74) is 4.74. The lowest BCUT2D eigenvalue weighted by Gasteiger charge is -2.08. The molecule has 0 unspecified atom stereocenters. The van der Waals surface area contributed by atoms with Gasteiger partial charge in [-0.25, -0.2) is 4.98 Å². The SMILES string of the molecule is NC(=O)Cn1c(C2CC2)nc(Cl)cc1=O. The highest BCUT2D eigenvalue weighted by Crippen LogP contribution is 2.38. The van der Waals surface area contributed by atoms with E-state index < -0.39 is 5.91 Å². The number of carbonyl (C=O) groups excluding carboxylic acids is 1. The smallest absolute Gasteiger partial charge is 0.255 e. The fourth-order valence-corrected chi connectivity index (χ4v) is 1.64. The van der Waals surface area contributed by atoms with Crippen LogP contribution in [0.15, 0.2) is 10.9 Å². The number of hydrogen-bond donors (Lipinski definition) is 1. The Morgan fingerprint density at radius 2 is 2.33 bits per heavy atom. The Hall–Kier alpha value is -1.36. The summed E-state index contributed by atoms with van der Waals surface area (Å²) in [6.45, 7) is -0.130. The molecular weight excluding hydrogens is 218 g/mol. The molecule has 2 rings (SSSR count). The maximum atomic E-state index is 11.6. The van der Waals surface area contributed by atoms with Crippen LogP contribution in [0.3, 0.4) is 0 Å². The minimum atomic E-state index is -0.553. The van der Waals surface area contributed by atoms with Gasteiger partial charge in [0.15, 0.2) is 0 Å². The van der Waals surface area contributed by atoms with Crippen LogP contribution >= 0.6 is 11.6 Å². The summed E-state index contributed by atoms with van der Waals surface area (Å²) in [5, 5.41) is 0.169. The number of carbonyl (C=O) groups is 1. The molecule has 0 bridgehead atoms. The molecule has 0 saturated heterocycles. The van der Waals surface area contributed by atoms with E-state index in [1.54, 1.807) is 0 Å². The first-order valence-corrected chi connectivity index (χ1v) is 5.01. The van der Waals surface area contributed by atoms with Gasteiger partial charge in [0.1, 0.15) is 17.5 Å². The first-order chi connectivity index (χ1) is 7.08. The molecule has 15 heavy (non-hydrogen) atoms. The number of nitrogens with zero attached hydrogens (tertiary/aromatic N) is 2. The molecule has 0 spiro atoms. The van der Waals surface area contributed by atoms with Crippen molar-refractivity contribution in [2.24, 2.45) is 5.73 Å². The van der Waals surface area contributed by atoms with Gasteiger partial charge in [-0.15, -0.1) is 0 Å². The van der Waals surface area contributed by atoms with Crippen LogP contribution in [0, 0.1) is 0 Å². The topological polar surface area (TPSA) is 78.0 Å². The third kappa shape index (κ3) is 2.18. The Morgan fingerprint density at radius 3 is 2.87 bits per heavy atom. The molecule has 80 valence electrons. The van der Waals surface area contributed by atoms with Crippen LogP contribution in [0.2, 0.25) is 5.15 Å². The zero-order valence-electron chi connectivity index (χ0n) is 7.94. The van der Waals surface area contributed by atoms with Gasteiger partial charge in [-0.3, -0.25) is 14.2 Å². The van der Waals surface area contributed by atoms with Crippen LogP contribution in [-0.4, -0.2) is 15.5 Å². The maximum absolute atomic E-state index is 11.6. The van der Waals surface area contributed by atoms with Crippen LogP contribution < -0.4 is 11.3 Å². The van der Waals surface area contributed by atoms with E-state index in [-0.39, 0.29) is 23.2 Å². The van der Waals surface area contributed by atoms with Gasteiger partial charge in [-0.05, 0) is 12.8 Å². The van der Waals surface area contributed by atoms with E-state index in [2.05, 4.69) is 4.98 Å². The number of aromatic nitrogens is 2. The number of hydrogen-bond acceptors (Lipinski definition) is 3. The molecule has 1 heterocycles. The zero-order chi connectivity index (χ0) is 11.0. The lowest BCUT2D eigenvalue weighted by atomic mass is 10.3. The van der Waals surface area contributed by atoms with Gasteiger partial charge in [0.2, 0.25) is 5.91 Å². The summed E-state index contributed by atoms with van der Waals surface area (Å²) in [5.74, 6) is 0.269. The first kappa shape index (κ1) is 10.2. The molecule has 2 N–H and O–H groups in total. The fraction of sp³-hybridized carbons (Fsp3) is 0.444. The Bertz CT molecular complexity index is 465. The average Bonchev–Trinajstić information content (AvgIpc) is 2.91. The highest BCUT2D eigenvalue weighted by Gasteiger charge is 2.29. The van der Waals surface area contributed by atoms with E-state index in [4.69, 9.17) is 17.3 Å². The van der Waals surface area contributed by atoms with E-state index in [9.17, 15) is 9.59 Å². The lowest BCUT2D eigenvalue weighted by molar-refractivity contribution is -0.118. The third-order valence-corrected chi connectivity index (χ3v) is 2.46. The molecule has 1 saturated carbocycles. The summed E-state index contributed by atoms with van der Waals surface area (Å²) in [7, 11) is 0. The number of halogens is 1. The largest absolute Gasteiger partial charge is 0.368 e. The van der Waals surface area contributed by atoms with Crippen molar-refractivity contribution < 1.29 is 4.79 Å². The van der Waals surface area contributed by atoms with Gasteiger partial charge in [0.25, 0.3) is 5.56 Å². The molecular formula is C9H10ClN3O2.